The molecular weight excluding hydrogens is 315 g/mol. The van der Waals surface area contributed by atoms with E-state index in [1.807, 2.05) is 0 Å². The van der Waals surface area contributed by atoms with Gasteiger partial charge in [0.05, 0.1) is 0 Å². The lowest BCUT2D eigenvalue weighted by Crippen LogP contribution is -2.46. The van der Waals surface area contributed by atoms with Crippen molar-refractivity contribution in [2.45, 2.75) is 45.6 Å². The van der Waals surface area contributed by atoms with E-state index >= 15 is 0 Å². The lowest BCUT2D eigenvalue weighted by atomic mass is 9.88. The standard InChI is InChI=1S/C18H28N2.2ClH/c1-14-7-8-17(13-15(14)2)18(16-5-3-4-6-16)20-11-9-19-10-12-20;;/h7-8,13,16,18-19H,3-6,9-12H2,1-2H3;2*1H/t18-;;/m0../s1. The molecule has 1 N–H and O–H groups in total. The Morgan fingerprint density at radius 1 is 1.00 bits per heavy atom. The van der Waals surface area contributed by atoms with E-state index in [0.717, 1.165) is 19.0 Å². The van der Waals surface area contributed by atoms with Crippen molar-refractivity contribution in [1.82, 2.24) is 10.2 Å². The number of benzene rings is 1. The third kappa shape index (κ3) is 4.38. The van der Waals surface area contributed by atoms with Crippen LogP contribution < -0.4 is 5.32 Å². The molecule has 1 aliphatic carbocycles. The third-order valence-corrected chi connectivity index (χ3v) is 5.26. The van der Waals surface area contributed by atoms with E-state index in [0.29, 0.717) is 6.04 Å². The van der Waals surface area contributed by atoms with Gasteiger partial charge in [0.15, 0.2) is 0 Å². The van der Waals surface area contributed by atoms with Gasteiger partial charge in [-0.1, -0.05) is 31.0 Å². The van der Waals surface area contributed by atoms with E-state index in [4.69, 9.17) is 0 Å². The van der Waals surface area contributed by atoms with Gasteiger partial charge in [0.1, 0.15) is 0 Å². The summed E-state index contributed by atoms with van der Waals surface area (Å²) < 4.78 is 0. The number of halogens is 2. The van der Waals surface area contributed by atoms with Gasteiger partial charge >= 0.3 is 0 Å². The van der Waals surface area contributed by atoms with Crippen molar-refractivity contribution >= 4 is 24.8 Å². The van der Waals surface area contributed by atoms with Crippen molar-refractivity contribution in [1.29, 1.82) is 0 Å². The van der Waals surface area contributed by atoms with Crippen molar-refractivity contribution in [3.63, 3.8) is 0 Å². The van der Waals surface area contributed by atoms with E-state index in [9.17, 15) is 0 Å². The van der Waals surface area contributed by atoms with Gasteiger partial charge in [0.25, 0.3) is 0 Å². The van der Waals surface area contributed by atoms with Gasteiger partial charge < -0.3 is 5.32 Å². The van der Waals surface area contributed by atoms with Crippen molar-refractivity contribution in [2.75, 3.05) is 26.2 Å². The van der Waals surface area contributed by atoms with Gasteiger partial charge in [-0.05, 0) is 49.3 Å². The van der Waals surface area contributed by atoms with Gasteiger partial charge in [-0.15, -0.1) is 24.8 Å². The van der Waals surface area contributed by atoms with E-state index in [1.165, 1.54) is 49.9 Å². The average Bonchev–Trinajstić information content (AvgIpc) is 2.98. The molecule has 0 bridgehead atoms. The second-order valence-corrected chi connectivity index (χ2v) is 6.62. The van der Waals surface area contributed by atoms with Crippen molar-refractivity contribution < 1.29 is 0 Å². The van der Waals surface area contributed by atoms with Crippen LogP contribution >= 0.6 is 24.8 Å². The molecular formula is C18H30Cl2N2. The highest BCUT2D eigenvalue weighted by atomic mass is 35.5. The third-order valence-electron chi connectivity index (χ3n) is 5.26. The minimum atomic E-state index is 0. The maximum Gasteiger partial charge on any atom is 0.0377 e. The molecule has 1 atom stereocenters. The maximum absolute atomic E-state index is 3.49. The van der Waals surface area contributed by atoms with Crippen LogP contribution in [-0.4, -0.2) is 31.1 Å². The van der Waals surface area contributed by atoms with Crippen LogP contribution in [0.3, 0.4) is 0 Å². The molecule has 0 radical (unpaired) electrons. The molecule has 3 rings (SSSR count). The molecule has 1 saturated carbocycles. The first kappa shape index (κ1) is 19.8. The average molecular weight is 345 g/mol. The number of aryl methyl sites for hydroxylation is 2. The number of rotatable bonds is 3. The highest BCUT2D eigenvalue weighted by molar-refractivity contribution is 5.85. The van der Waals surface area contributed by atoms with Crippen LogP contribution in [0.1, 0.15) is 48.4 Å². The van der Waals surface area contributed by atoms with E-state index < -0.39 is 0 Å². The van der Waals surface area contributed by atoms with Crippen LogP contribution in [0.2, 0.25) is 0 Å². The zero-order chi connectivity index (χ0) is 13.9. The lowest BCUT2D eigenvalue weighted by molar-refractivity contribution is 0.125. The molecule has 0 unspecified atom stereocenters. The van der Waals surface area contributed by atoms with Crippen LogP contribution in [0.25, 0.3) is 0 Å². The fourth-order valence-corrected chi connectivity index (χ4v) is 3.96. The van der Waals surface area contributed by atoms with Crippen LogP contribution in [0.15, 0.2) is 18.2 Å². The van der Waals surface area contributed by atoms with Crippen LogP contribution in [-0.2, 0) is 0 Å². The van der Waals surface area contributed by atoms with Crippen LogP contribution in [0.4, 0.5) is 0 Å². The predicted molar refractivity (Wildman–Crippen MR) is 99.6 cm³/mol. The number of hydrogen-bond acceptors (Lipinski definition) is 2. The molecule has 2 nitrogen and oxygen atoms in total. The second kappa shape index (κ2) is 9.12. The Labute approximate surface area is 147 Å². The Morgan fingerprint density at radius 2 is 1.64 bits per heavy atom. The number of nitrogens with zero attached hydrogens (tertiary/aromatic N) is 1. The lowest BCUT2D eigenvalue weighted by Gasteiger charge is -2.39. The monoisotopic (exact) mass is 344 g/mol. The summed E-state index contributed by atoms with van der Waals surface area (Å²) in [5, 5.41) is 3.49. The molecule has 4 heteroatoms. The molecule has 22 heavy (non-hydrogen) atoms. The highest BCUT2D eigenvalue weighted by Crippen LogP contribution is 2.40. The van der Waals surface area contributed by atoms with Crippen molar-refractivity contribution in [2.24, 2.45) is 5.92 Å². The molecule has 1 aliphatic heterocycles. The van der Waals surface area contributed by atoms with Gasteiger partial charge in [-0.3, -0.25) is 4.90 Å². The SMILES string of the molecule is Cc1ccc([C@H](C2CCCC2)N2CCNCC2)cc1C.Cl.Cl. The Kier molecular flexibility index (Phi) is 8.20. The Balaban J connectivity index is 0.00000121. The number of nitrogens with one attached hydrogen (secondary N) is 1. The Hall–Kier alpha value is -0.280. The smallest absolute Gasteiger partial charge is 0.0377 e. The molecule has 126 valence electrons. The summed E-state index contributed by atoms with van der Waals surface area (Å²) in [5.41, 5.74) is 4.42. The second-order valence-electron chi connectivity index (χ2n) is 6.62. The summed E-state index contributed by atoms with van der Waals surface area (Å²) in [6.07, 6.45) is 5.69. The minimum Gasteiger partial charge on any atom is -0.314 e. The number of hydrogen-bond donors (Lipinski definition) is 1. The molecule has 1 aromatic carbocycles. The molecule has 1 aromatic rings. The van der Waals surface area contributed by atoms with Crippen molar-refractivity contribution in [3.05, 3.63) is 34.9 Å². The summed E-state index contributed by atoms with van der Waals surface area (Å²) in [6, 6.07) is 7.79. The van der Waals surface area contributed by atoms with E-state index in [2.05, 4.69) is 42.3 Å². The first-order valence-electron chi connectivity index (χ1n) is 8.27. The molecule has 2 aliphatic rings. The quantitative estimate of drug-likeness (QED) is 0.879. The molecule has 0 amide bonds. The van der Waals surface area contributed by atoms with E-state index in [-0.39, 0.29) is 24.8 Å². The van der Waals surface area contributed by atoms with Gasteiger partial charge in [-0.25, -0.2) is 0 Å². The van der Waals surface area contributed by atoms with Gasteiger partial charge in [0.2, 0.25) is 0 Å². The molecule has 1 saturated heterocycles. The normalized spacial score (nSPS) is 21.0. The zero-order valence-electron chi connectivity index (χ0n) is 13.8. The van der Waals surface area contributed by atoms with Crippen LogP contribution in [0.5, 0.6) is 0 Å². The summed E-state index contributed by atoms with van der Waals surface area (Å²) in [6.45, 7) is 9.17. The Bertz CT molecular complexity index is 452. The number of piperazine rings is 1. The maximum atomic E-state index is 3.49. The van der Waals surface area contributed by atoms with Gasteiger partial charge in [-0.2, -0.15) is 0 Å². The minimum absolute atomic E-state index is 0. The molecule has 0 aromatic heterocycles. The largest absolute Gasteiger partial charge is 0.314 e. The molecule has 2 fully saturated rings. The molecule has 1 heterocycles. The first-order valence-corrected chi connectivity index (χ1v) is 8.27. The predicted octanol–water partition coefficient (Wildman–Crippen LogP) is 4.28. The summed E-state index contributed by atoms with van der Waals surface area (Å²) in [5.74, 6) is 0.871. The summed E-state index contributed by atoms with van der Waals surface area (Å²) in [4.78, 5) is 2.73. The van der Waals surface area contributed by atoms with Crippen molar-refractivity contribution in [3.8, 4) is 0 Å². The summed E-state index contributed by atoms with van der Waals surface area (Å²) in [7, 11) is 0. The Morgan fingerprint density at radius 3 is 2.23 bits per heavy atom. The first-order chi connectivity index (χ1) is 9.75. The fourth-order valence-electron chi connectivity index (χ4n) is 3.96. The van der Waals surface area contributed by atoms with Gasteiger partial charge in [0, 0.05) is 32.2 Å². The molecule has 0 spiro atoms. The van der Waals surface area contributed by atoms with E-state index in [1.54, 1.807) is 5.56 Å². The zero-order valence-corrected chi connectivity index (χ0v) is 15.4. The topological polar surface area (TPSA) is 15.3 Å². The summed E-state index contributed by atoms with van der Waals surface area (Å²) >= 11 is 0. The van der Waals surface area contributed by atoms with Crippen LogP contribution in [0, 0.1) is 19.8 Å². The fraction of sp³-hybridized carbons (Fsp3) is 0.667. The highest BCUT2D eigenvalue weighted by Gasteiger charge is 2.31.